The second-order valence-electron chi connectivity index (χ2n) is 9.81. The van der Waals surface area contributed by atoms with Crippen molar-refractivity contribution in [2.24, 2.45) is 0 Å². The number of rotatable bonds is 19. The van der Waals surface area contributed by atoms with Crippen molar-refractivity contribution in [1.82, 2.24) is 5.32 Å². The molecule has 0 saturated carbocycles. The van der Waals surface area contributed by atoms with Crippen molar-refractivity contribution >= 4 is 0 Å². The van der Waals surface area contributed by atoms with Crippen molar-refractivity contribution in [3.05, 3.63) is 0 Å². The Bertz CT molecular complexity index is 393. The SMILES string of the molecule is CCCCCCCCCCCCCCCCCC(O)NC1(CO)COC(C)(C)OC1. The molecule has 1 heterocycles. The third-order valence-electron chi connectivity index (χ3n) is 6.25. The van der Waals surface area contributed by atoms with Gasteiger partial charge in [-0.15, -0.1) is 0 Å². The average Bonchev–Trinajstić information content (AvgIpc) is 2.72. The largest absolute Gasteiger partial charge is 0.394 e. The van der Waals surface area contributed by atoms with Crippen molar-refractivity contribution in [3.8, 4) is 0 Å². The van der Waals surface area contributed by atoms with Crippen LogP contribution in [0.3, 0.4) is 0 Å². The number of nitrogens with one attached hydrogen (secondary N) is 1. The number of aliphatic hydroxyl groups excluding tert-OH is 2. The Morgan fingerprint density at radius 3 is 1.53 bits per heavy atom. The van der Waals surface area contributed by atoms with E-state index in [0.29, 0.717) is 19.6 Å². The van der Waals surface area contributed by atoms with Crippen molar-refractivity contribution < 1.29 is 19.7 Å². The van der Waals surface area contributed by atoms with Crippen LogP contribution in [0.5, 0.6) is 0 Å². The van der Waals surface area contributed by atoms with Crippen LogP contribution < -0.4 is 5.32 Å². The summed E-state index contributed by atoms with van der Waals surface area (Å²) in [6.45, 7) is 6.57. The number of hydrogen-bond donors (Lipinski definition) is 3. The van der Waals surface area contributed by atoms with Gasteiger partial charge in [0.25, 0.3) is 0 Å². The van der Waals surface area contributed by atoms with Crippen LogP contribution >= 0.6 is 0 Å². The van der Waals surface area contributed by atoms with E-state index in [0.717, 1.165) is 12.8 Å². The lowest BCUT2D eigenvalue weighted by molar-refractivity contribution is -0.278. The monoisotopic (exact) mass is 429 g/mol. The zero-order valence-corrected chi connectivity index (χ0v) is 20.2. The second-order valence-corrected chi connectivity index (χ2v) is 9.81. The molecule has 0 aromatic rings. The van der Waals surface area contributed by atoms with Gasteiger partial charge >= 0.3 is 0 Å². The van der Waals surface area contributed by atoms with E-state index in [1.807, 2.05) is 13.8 Å². The Morgan fingerprint density at radius 1 is 0.733 bits per heavy atom. The minimum atomic E-state index is -0.704. The number of hydrogen-bond acceptors (Lipinski definition) is 5. The molecular weight excluding hydrogens is 378 g/mol. The van der Waals surface area contributed by atoms with Crippen LogP contribution in [0.2, 0.25) is 0 Å². The van der Waals surface area contributed by atoms with Crippen LogP contribution in [0.4, 0.5) is 0 Å². The molecule has 5 nitrogen and oxygen atoms in total. The molecule has 1 saturated heterocycles. The second kappa shape index (κ2) is 16.4. The van der Waals surface area contributed by atoms with E-state index in [4.69, 9.17) is 9.47 Å². The van der Waals surface area contributed by atoms with E-state index in [9.17, 15) is 10.2 Å². The maximum atomic E-state index is 10.3. The Labute approximate surface area is 186 Å². The third kappa shape index (κ3) is 13.3. The van der Waals surface area contributed by atoms with Gasteiger partial charge in [-0.05, 0) is 26.7 Å². The summed E-state index contributed by atoms with van der Waals surface area (Å²) < 4.78 is 11.3. The molecular formula is C25H51NO4. The maximum Gasteiger partial charge on any atom is 0.162 e. The summed E-state index contributed by atoms with van der Waals surface area (Å²) in [6.07, 6.45) is 20.1. The number of aliphatic hydroxyl groups is 2. The highest BCUT2D eigenvalue weighted by Gasteiger charge is 2.40. The zero-order chi connectivity index (χ0) is 22.1. The fourth-order valence-electron chi connectivity index (χ4n) is 4.06. The highest BCUT2D eigenvalue weighted by Crippen LogP contribution is 2.24. The first-order valence-corrected chi connectivity index (χ1v) is 12.8. The van der Waals surface area contributed by atoms with Crippen molar-refractivity contribution in [1.29, 1.82) is 0 Å². The van der Waals surface area contributed by atoms with Gasteiger partial charge in [-0.25, -0.2) is 0 Å². The lowest BCUT2D eigenvalue weighted by Gasteiger charge is -2.43. The summed E-state index contributed by atoms with van der Waals surface area (Å²) in [5.74, 6) is -0.625. The quantitative estimate of drug-likeness (QED) is 0.182. The van der Waals surface area contributed by atoms with Gasteiger partial charge in [-0.2, -0.15) is 0 Å². The predicted octanol–water partition coefficient (Wildman–Crippen LogP) is 5.67. The zero-order valence-electron chi connectivity index (χ0n) is 20.2. The Morgan fingerprint density at radius 2 is 1.13 bits per heavy atom. The molecule has 180 valence electrons. The average molecular weight is 430 g/mol. The first-order valence-electron chi connectivity index (χ1n) is 12.8. The minimum Gasteiger partial charge on any atom is -0.394 e. The third-order valence-corrected chi connectivity index (χ3v) is 6.25. The molecule has 1 rings (SSSR count). The van der Waals surface area contributed by atoms with E-state index in [1.165, 1.54) is 83.5 Å². The molecule has 1 atom stereocenters. The van der Waals surface area contributed by atoms with Crippen molar-refractivity contribution in [2.45, 2.75) is 141 Å². The summed E-state index contributed by atoms with van der Waals surface area (Å²) in [6, 6.07) is 0. The molecule has 5 heteroatoms. The van der Waals surface area contributed by atoms with E-state index in [1.54, 1.807) is 0 Å². The van der Waals surface area contributed by atoms with Gasteiger partial charge < -0.3 is 19.7 Å². The summed E-state index contributed by atoms with van der Waals surface area (Å²) in [5, 5.41) is 23.2. The van der Waals surface area contributed by atoms with Crippen LogP contribution in [-0.2, 0) is 9.47 Å². The molecule has 0 aromatic heterocycles. The standard InChI is InChI=1S/C25H51NO4/c1-4-5-6-7-8-9-10-11-12-13-14-15-16-17-18-19-23(28)26-25(20-27)21-29-24(2,3)30-22-25/h23,26-28H,4-22H2,1-3H3. The van der Waals surface area contributed by atoms with E-state index in [2.05, 4.69) is 12.2 Å². The lowest BCUT2D eigenvalue weighted by atomic mass is 10.00. The molecule has 0 aromatic carbocycles. The van der Waals surface area contributed by atoms with Gasteiger partial charge in [0.1, 0.15) is 6.23 Å². The Hall–Kier alpha value is -0.200. The van der Waals surface area contributed by atoms with Crippen LogP contribution in [0.15, 0.2) is 0 Å². The molecule has 1 aliphatic rings. The summed E-state index contributed by atoms with van der Waals surface area (Å²) in [4.78, 5) is 0. The highest BCUT2D eigenvalue weighted by molar-refractivity contribution is 4.92. The summed E-state index contributed by atoms with van der Waals surface area (Å²) in [7, 11) is 0. The van der Waals surface area contributed by atoms with Crippen LogP contribution in [-0.4, -0.2) is 47.6 Å². The minimum absolute atomic E-state index is 0.112. The van der Waals surface area contributed by atoms with Crippen molar-refractivity contribution in [2.75, 3.05) is 19.8 Å². The molecule has 1 unspecified atom stereocenters. The van der Waals surface area contributed by atoms with E-state index in [-0.39, 0.29) is 6.61 Å². The molecule has 3 N–H and O–H groups in total. The summed E-state index contributed by atoms with van der Waals surface area (Å²) in [5.41, 5.74) is -0.704. The fourth-order valence-corrected chi connectivity index (χ4v) is 4.06. The topological polar surface area (TPSA) is 71.0 Å². The van der Waals surface area contributed by atoms with Gasteiger partial charge in [0.2, 0.25) is 0 Å². The van der Waals surface area contributed by atoms with Gasteiger partial charge in [0, 0.05) is 0 Å². The van der Waals surface area contributed by atoms with Crippen LogP contribution in [0.25, 0.3) is 0 Å². The molecule has 0 aliphatic carbocycles. The summed E-state index contributed by atoms with van der Waals surface area (Å²) >= 11 is 0. The molecule has 0 bridgehead atoms. The molecule has 0 amide bonds. The highest BCUT2D eigenvalue weighted by atomic mass is 16.7. The molecule has 0 radical (unpaired) electrons. The number of ether oxygens (including phenoxy) is 2. The molecule has 0 spiro atoms. The lowest BCUT2D eigenvalue weighted by Crippen LogP contribution is -2.64. The van der Waals surface area contributed by atoms with Crippen LogP contribution in [0, 0.1) is 0 Å². The Kier molecular flexibility index (Phi) is 15.2. The van der Waals surface area contributed by atoms with E-state index >= 15 is 0 Å². The molecule has 1 aliphatic heterocycles. The molecule has 1 fully saturated rings. The van der Waals surface area contributed by atoms with Crippen LogP contribution in [0.1, 0.15) is 124 Å². The van der Waals surface area contributed by atoms with E-state index < -0.39 is 17.6 Å². The van der Waals surface area contributed by atoms with Gasteiger partial charge in [-0.3, -0.25) is 5.32 Å². The Balaban J connectivity index is 1.91. The first-order chi connectivity index (χ1) is 14.4. The van der Waals surface area contributed by atoms with Crippen molar-refractivity contribution in [3.63, 3.8) is 0 Å². The van der Waals surface area contributed by atoms with Gasteiger partial charge in [-0.1, -0.05) is 96.8 Å². The maximum absolute atomic E-state index is 10.3. The fraction of sp³-hybridized carbons (Fsp3) is 1.00. The smallest absolute Gasteiger partial charge is 0.162 e. The normalized spacial score (nSPS) is 19.1. The predicted molar refractivity (Wildman–Crippen MR) is 124 cm³/mol. The first kappa shape index (κ1) is 27.8. The molecule has 30 heavy (non-hydrogen) atoms. The van der Waals surface area contributed by atoms with Gasteiger partial charge in [0.05, 0.1) is 25.4 Å². The van der Waals surface area contributed by atoms with Gasteiger partial charge in [0.15, 0.2) is 5.79 Å². The number of unbranched alkanes of at least 4 members (excludes halogenated alkanes) is 14.